The van der Waals surface area contributed by atoms with Crippen LogP contribution in [0.5, 0.6) is 0 Å². The Balaban J connectivity index is 1.56. The number of hydrogen-bond donors (Lipinski definition) is 1. The first-order chi connectivity index (χ1) is 14.8. The predicted molar refractivity (Wildman–Crippen MR) is 131 cm³/mol. The van der Waals surface area contributed by atoms with Crippen molar-refractivity contribution in [3.63, 3.8) is 0 Å². The molecule has 5 aliphatic carbocycles. The highest BCUT2D eigenvalue weighted by atomic mass is 16.3. The second kappa shape index (κ2) is 6.73. The van der Waals surface area contributed by atoms with Crippen molar-refractivity contribution in [1.29, 1.82) is 0 Å². The zero-order valence-corrected chi connectivity index (χ0v) is 21.9. The molecular formula is C30H48O2. The van der Waals surface area contributed by atoms with Gasteiger partial charge in [-0.3, -0.25) is 4.79 Å². The number of carbonyl (C=O) groups excluding carboxylic acids is 1. The van der Waals surface area contributed by atoms with Crippen LogP contribution in [0.4, 0.5) is 0 Å². The van der Waals surface area contributed by atoms with E-state index in [2.05, 4.69) is 54.5 Å². The standard InChI is InChI=1S/C30H48O2/c1-20-21(32)8-9-22-27(20,4)11-10-23-28(22,5)15-17-30(7)24-18-25(2,19-31)12-13-26(24,3)14-16-29(23,30)6/h8-9,20,22-24,31H,10-19H2,1-7H3/t20-,22+,23-,24+,25+,26+,27+,28-,29+,30-/m0/s1. The highest BCUT2D eigenvalue weighted by molar-refractivity contribution is 5.93. The van der Waals surface area contributed by atoms with Crippen molar-refractivity contribution in [1.82, 2.24) is 0 Å². The fourth-order valence-corrected chi connectivity index (χ4v) is 10.7. The lowest BCUT2D eigenvalue weighted by atomic mass is 9.30. The van der Waals surface area contributed by atoms with E-state index in [4.69, 9.17) is 0 Å². The molecule has 2 heteroatoms. The van der Waals surface area contributed by atoms with Gasteiger partial charge in [-0.15, -0.1) is 0 Å². The van der Waals surface area contributed by atoms with Gasteiger partial charge >= 0.3 is 0 Å². The van der Waals surface area contributed by atoms with Gasteiger partial charge in [-0.25, -0.2) is 0 Å². The molecule has 0 heterocycles. The summed E-state index contributed by atoms with van der Waals surface area (Å²) in [4.78, 5) is 12.6. The zero-order chi connectivity index (χ0) is 23.4. The minimum Gasteiger partial charge on any atom is -0.396 e. The van der Waals surface area contributed by atoms with Crippen molar-refractivity contribution in [2.24, 2.45) is 56.2 Å². The topological polar surface area (TPSA) is 37.3 Å². The van der Waals surface area contributed by atoms with Crippen LogP contribution >= 0.6 is 0 Å². The number of hydrogen-bond acceptors (Lipinski definition) is 2. The molecule has 0 aliphatic heterocycles. The van der Waals surface area contributed by atoms with E-state index < -0.39 is 0 Å². The molecule has 10 atom stereocenters. The molecule has 1 N–H and O–H groups in total. The van der Waals surface area contributed by atoms with Gasteiger partial charge in [0.1, 0.15) is 0 Å². The molecule has 4 fully saturated rings. The number of aliphatic hydroxyl groups excluding tert-OH is 1. The number of rotatable bonds is 1. The molecule has 32 heavy (non-hydrogen) atoms. The summed E-state index contributed by atoms with van der Waals surface area (Å²) in [5.74, 6) is 2.44. The maximum Gasteiger partial charge on any atom is 0.158 e. The van der Waals surface area contributed by atoms with Crippen molar-refractivity contribution in [2.45, 2.75) is 106 Å². The summed E-state index contributed by atoms with van der Waals surface area (Å²) in [5, 5.41) is 10.3. The van der Waals surface area contributed by atoms with Gasteiger partial charge in [0.25, 0.3) is 0 Å². The molecule has 4 saturated carbocycles. The van der Waals surface area contributed by atoms with Crippen molar-refractivity contribution in [2.75, 3.05) is 6.61 Å². The molecule has 2 nitrogen and oxygen atoms in total. The Kier molecular flexibility index (Phi) is 4.87. The third kappa shape index (κ3) is 2.65. The highest BCUT2D eigenvalue weighted by Gasteiger charge is 2.70. The first-order valence-electron chi connectivity index (χ1n) is 13.6. The van der Waals surface area contributed by atoms with Crippen LogP contribution in [0.3, 0.4) is 0 Å². The Morgan fingerprint density at radius 1 is 0.844 bits per heavy atom. The average Bonchev–Trinajstić information content (AvgIpc) is 2.75. The van der Waals surface area contributed by atoms with E-state index in [1.807, 2.05) is 6.08 Å². The SMILES string of the molecule is C[C@H]1C(=O)C=C[C@@H]2[C@]1(C)CC[C@H]1[C@@]2(C)CC[C@@]2(C)[C@@H]3C[C@](C)(CO)CC[C@]3(C)CC[C@]12C. The smallest absolute Gasteiger partial charge is 0.158 e. The summed E-state index contributed by atoms with van der Waals surface area (Å²) in [6.45, 7) is 17.8. The normalized spacial score (nSPS) is 59.6. The second-order valence-electron chi connectivity index (χ2n) is 14.8. The van der Waals surface area contributed by atoms with E-state index in [1.54, 1.807) is 0 Å². The maximum atomic E-state index is 12.6. The molecular weight excluding hydrogens is 392 g/mol. The molecule has 0 aromatic carbocycles. The Morgan fingerprint density at radius 3 is 2.16 bits per heavy atom. The van der Waals surface area contributed by atoms with Crippen molar-refractivity contribution in [3.8, 4) is 0 Å². The molecule has 0 bridgehead atoms. The fraction of sp³-hybridized carbons (Fsp3) is 0.900. The van der Waals surface area contributed by atoms with Gasteiger partial charge < -0.3 is 5.11 Å². The van der Waals surface area contributed by atoms with E-state index in [1.165, 1.54) is 57.8 Å². The highest BCUT2D eigenvalue weighted by Crippen LogP contribution is 2.78. The van der Waals surface area contributed by atoms with Crippen molar-refractivity contribution >= 4 is 5.78 Å². The van der Waals surface area contributed by atoms with Gasteiger partial charge in [0, 0.05) is 12.5 Å². The molecule has 0 aromatic heterocycles. The van der Waals surface area contributed by atoms with Crippen LogP contribution in [-0.2, 0) is 4.79 Å². The number of fused-ring (bicyclic) bond motifs is 7. The number of allylic oxidation sites excluding steroid dienone is 2. The van der Waals surface area contributed by atoms with Crippen LogP contribution in [0, 0.1) is 56.2 Å². The van der Waals surface area contributed by atoms with Gasteiger partial charge in [-0.05, 0) is 114 Å². The quantitative estimate of drug-likeness (QED) is 0.468. The van der Waals surface area contributed by atoms with E-state index in [-0.39, 0.29) is 22.2 Å². The predicted octanol–water partition coefficient (Wildman–Crippen LogP) is 7.21. The summed E-state index contributed by atoms with van der Waals surface area (Å²) >= 11 is 0. The first kappa shape index (κ1) is 23.1. The Hall–Kier alpha value is -0.630. The van der Waals surface area contributed by atoms with E-state index in [0.717, 1.165) is 5.92 Å². The fourth-order valence-electron chi connectivity index (χ4n) is 10.7. The van der Waals surface area contributed by atoms with Crippen molar-refractivity contribution < 1.29 is 9.90 Å². The second-order valence-corrected chi connectivity index (χ2v) is 14.8. The Morgan fingerprint density at radius 2 is 1.47 bits per heavy atom. The van der Waals surface area contributed by atoms with Crippen LogP contribution in [0.2, 0.25) is 0 Å². The molecule has 5 rings (SSSR count). The number of ketones is 1. The largest absolute Gasteiger partial charge is 0.396 e. The molecule has 180 valence electrons. The van der Waals surface area contributed by atoms with Gasteiger partial charge in [-0.2, -0.15) is 0 Å². The first-order valence-corrected chi connectivity index (χ1v) is 13.6. The summed E-state index contributed by atoms with van der Waals surface area (Å²) in [6.07, 6.45) is 15.7. The third-order valence-electron chi connectivity index (χ3n) is 13.5. The maximum absolute atomic E-state index is 12.6. The molecule has 0 saturated heterocycles. The lowest BCUT2D eigenvalue weighted by Gasteiger charge is -2.74. The molecule has 5 aliphatic rings. The number of carbonyl (C=O) groups is 1. The zero-order valence-electron chi connectivity index (χ0n) is 21.9. The summed E-state index contributed by atoms with van der Waals surface area (Å²) in [7, 11) is 0. The monoisotopic (exact) mass is 440 g/mol. The summed E-state index contributed by atoms with van der Waals surface area (Å²) in [6, 6.07) is 0. The molecule has 0 amide bonds. The molecule has 0 aromatic rings. The van der Waals surface area contributed by atoms with Crippen molar-refractivity contribution in [3.05, 3.63) is 12.2 Å². The van der Waals surface area contributed by atoms with E-state index in [0.29, 0.717) is 40.5 Å². The minimum absolute atomic E-state index is 0.0965. The van der Waals surface area contributed by atoms with E-state index >= 15 is 0 Å². The van der Waals surface area contributed by atoms with Gasteiger partial charge in [0.15, 0.2) is 5.78 Å². The molecule has 0 spiro atoms. The Bertz CT molecular complexity index is 846. The average molecular weight is 441 g/mol. The minimum atomic E-state index is 0.0965. The number of aliphatic hydroxyl groups is 1. The van der Waals surface area contributed by atoms with Gasteiger partial charge in [0.05, 0.1) is 0 Å². The summed E-state index contributed by atoms with van der Waals surface area (Å²) in [5.41, 5.74) is 1.62. The van der Waals surface area contributed by atoms with Gasteiger partial charge in [-0.1, -0.05) is 54.5 Å². The Labute approximate surface area is 197 Å². The van der Waals surface area contributed by atoms with E-state index in [9.17, 15) is 9.90 Å². The molecule has 0 unspecified atom stereocenters. The van der Waals surface area contributed by atoms with Crippen LogP contribution in [0.1, 0.15) is 106 Å². The lowest BCUT2D eigenvalue weighted by molar-refractivity contribution is -0.250. The summed E-state index contributed by atoms with van der Waals surface area (Å²) < 4.78 is 0. The van der Waals surface area contributed by atoms with Crippen LogP contribution in [-0.4, -0.2) is 17.5 Å². The molecule has 0 radical (unpaired) electrons. The lowest BCUT2D eigenvalue weighted by Crippen LogP contribution is -2.67. The third-order valence-corrected chi connectivity index (χ3v) is 13.5. The van der Waals surface area contributed by atoms with Crippen LogP contribution < -0.4 is 0 Å². The van der Waals surface area contributed by atoms with Crippen LogP contribution in [0.25, 0.3) is 0 Å². The van der Waals surface area contributed by atoms with Gasteiger partial charge in [0.2, 0.25) is 0 Å². The van der Waals surface area contributed by atoms with Crippen LogP contribution in [0.15, 0.2) is 12.2 Å².